The van der Waals surface area contributed by atoms with Crippen LogP contribution < -0.4 is 14.8 Å². The van der Waals surface area contributed by atoms with Crippen molar-refractivity contribution >= 4 is 16.9 Å². The Kier molecular flexibility index (Phi) is 7.65. The number of methoxy groups -OCH3 is 1. The molecule has 7 nitrogen and oxygen atoms in total. The molecule has 0 aliphatic heterocycles. The number of aromatic nitrogens is 2. The quantitative estimate of drug-likeness (QED) is 0.243. The molecule has 4 rings (SSSR count). The highest BCUT2D eigenvalue weighted by Crippen LogP contribution is 2.28. The topological polar surface area (TPSA) is 78.5 Å². The van der Waals surface area contributed by atoms with Crippen molar-refractivity contribution in [2.75, 3.05) is 20.3 Å². The van der Waals surface area contributed by atoms with Gasteiger partial charge in [-0.05, 0) is 54.8 Å². The summed E-state index contributed by atoms with van der Waals surface area (Å²) in [5.74, 6) is 2.45. The first-order chi connectivity index (χ1) is 16.7. The molecule has 2 aromatic carbocycles. The SMILES string of the molecule is C=CCc1ccc(OCCCn2c(CCNC(=O)c3ccco3)nc3ccccc32)c(OC)c1. The number of benzene rings is 2. The number of furan rings is 1. The van der Waals surface area contributed by atoms with E-state index in [4.69, 9.17) is 18.9 Å². The minimum absolute atomic E-state index is 0.228. The Bertz CT molecular complexity index is 1240. The molecule has 34 heavy (non-hydrogen) atoms. The molecule has 2 aromatic heterocycles. The van der Waals surface area contributed by atoms with Gasteiger partial charge in [-0.1, -0.05) is 24.3 Å². The Morgan fingerprint density at radius 2 is 2.06 bits per heavy atom. The first-order valence-electron chi connectivity index (χ1n) is 11.4. The lowest BCUT2D eigenvalue weighted by Crippen LogP contribution is -2.26. The molecule has 1 amide bonds. The van der Waals surface area contributed by atoms with E-state index in [9.17, 15) is 4.79 Å². The second kappa shape index (κ2) is 11.2. The molecule has 0 fully saturated rings. The molecule has 0 bridgehead atoms. The van der Waals surface area contributed by atoms with Crippen molar-refractivity contribution in [2.24, 2.45) is 0 Å². The van der Waals surface area contributed by atoms with Crippen molar-refractivity contribution in [1.82, 2.24) is 14.9 Å². The molecule has 0 saturated carbocycles. The maximum atomic E-state index is 12.1. The third kappa shape index (κ3) is 5.49. The van der Waals surface area contributed by atoms with Gasteiger partial charge in [0, 0.05) is 19.5 Å². The van der Waals surface area contributed by atoms with E-state index in [2.05, 4.69) is 22.5 Å². The zero-order chi connectivity index (χ0) is 23.8. The van der Waals surface area contributed by atoms with Crippen LogP contribution >= 0.6 is 0 Å². The lowest BCUT2D eigenvalue weighted by Gasteiger charge is -2.13. The lowest BCUT2D eigenvalue weighted by molar-refractivity contribution is 0.0926. The van der Waals surface area contributed by atoms with Crippen LogP contribution in [0, 0.1) is 0 Å². The number of para-hydroxylation sites is 2. The van der Waals surface area contributed by atoms with Crippen molar-refractivity contribution in [3.63, 3.8) is 0 Å². The highest BCUT2D eigenvalue weighted by atomic mass is 16.5. The minimum Gasteiger partial charge on any atom is -0.493 e. The van der Waals surface area contributed by atoms with E-state index < -0.39 is 0 Å². The molecule has 7 heteroatoms. The van der Waals surface area contributed by atoms with Crippen molar-refractivity contribution < 1.29 is 18.7 Å². The van der Waals surface area contributed by atoms with Crippen LogP contribution in [0.25, 0.3) is 11.0 Å². The molecule has 0 atom stereocenters. The number of carbonyl (C=O) groups is 1. The summed E-state index contributed by atoms with van der Waals surface area (Å²) in [6, 6.07) is 17.3. The van der Waals surface area contributed by atoms with Gasteiger partial charge in [-0.2, -0.15) is 0 Å². The van der Waals surface area contributed by atoms with E-state index in [0.717, 1.165) is 53.3 Å². The van der Waals surface area contributed by atoms with Gasteiger partial charge in [0.1, 0.15) is 5.82 Å². The molecular formula is C27H29N3O4. The lowest BCUT2D eigenvalue weighted by atomic mass is 10.1. The van der Waals surface area contributed by atoms with Crippen LogP contribution in [0.3, 0.4) is 0 Å². The van der Waals surface area contributed by atoms with Crippen molar-refractivity contribution in [3.05, 3.63) is 90.7 Å². The zero-order valence-corrected chi connectivity index (χ0v) is 19.3. The van der Waals surface area contributed by atoms with E-state index in [0.29, 0.717) is 25.3 Å². The standard InChI is InChI=1S/C27H29N3O4/c1-3-8-20-12-13-23(25(19-20)32-2)33-18-7-16-30-22-10-5-4-9-21(22)29-26(30)14-15-28-27(31)24-11-6-17-34-24/h3-6,9-13,17,19H,1,7-8,14-16,18H2,2H3,(H,28,31). The number of rotatable bonds is 12. The number of nitrogens with zero attached hydrogens (tertiary/aromatic N) is 2. The van der Waals surface area contributed by atoms with Crippen molar-refractivity contribution in [2.45, 2.75) is 25.8 Å². The summed E-state index contributed by atoms with van der Waals surface area (Å²) in [4.78, 5) is 16.9. The second-order valence-corrected chi connectivity index (χ2v) is 7.83. The second-order valence-electron chi connectivity index (χ2n) is 7.83. The predicted octanol–water partition coefficient (Wildman–Crippen LogP) is 4.81. The normalized spacial score (nSPS) is 10.9. The largest absolute Gasteiger partial charge is 0.493 e. The Labute approximate surface area is 199 Å². The molecule has 2 heterocycles. The Morgan fingerprint density at radius 3 is 2.85 bits per heavy atom. The Hall–Kier alpha value is -4.00. The van der Waals surface area contributed by atoms with Gasteiger partial charge in [0.05, 0.1) is 31.0 Å². The number of hydrogen-bond donors (Lipinski definition) is 1. The van der Waals surface area contributed by atoms with Gasteiger partial charge in [0.15, 0.2) is 17.3 Å². The first kappa shape index (κ1) is 23.2. The fraction of sp³-hybridized carbons (Fsp3) is 0.259. The van der Waals surface area contributed by atoms with Crippen LogP contribution in [0.5, 0.6) is 11.5 Å². The average molecular weight is 460 g/mol. The smallest absolute Gasteiger partial charge is 0.286 e. The summed E-state index contributed by atoms with van der Waals surface area (Å²) in [5.41, 5.74) is 3.14. The summed E-state index contributed by atoms with van der Waals surface area (Å²) < 4.78 is 18.8. The number of hydrogen-bond acceptors (Lipinski definition) is 5. The van der Waals surface area contributed by atoms with Crippen LogP contribution in [-0.2, 0) is 19.4 Å². The number of aryl methyl sites for hydroxylation is 1. The number of amides is 1. The van der Waals surface area contributed by atoms with Gasteiger partial charge in [-0.25, -0.2) is 4.98 Å². The van der Waals surface area contributed by atoms with Gasteiger partial charge in [0.25, 0.3) is 5.91 Å². The summed E-state index contributed by atoms with van der Waals surface area (Å²) in [5, 5.41) is 2.89. The molecule has 0 radical (unpaired) electrons. The molecule has 0 aliphatic rings. The number of ether oxygens (including phenoxy) is 2. The third-order valence-electron chi connectivity index (χ3n) is 5.50. The predicted molar refractivity (Wildman–Crippen MR) is 131 cm³/mol. The number of allylic oxidation sites excluding steroid dienone is 1. The molecule has 0 aliphatic carbocycles. The highest BCUT2D eigenvalue weighted by molar-refractivity contribution is 5.91. The Morgan fingerprint density at radius 1 is 1.18 bits per heavy atom. The summed E-state index contributed by atoms with van der Waals surface area (Å²) in [7, 11) is 1.65. The van der Waals surface area contributed by atoms with E-state index in [1.54, 1.807) is 19.2 Å². The summed E-state index contributed by atoms with van der Waals surface area (Å²) >= 11 is 0. The van der Waals surface area contributed by atoms with Gasteiger partial charge >= 0.3 is 0 Å². The van der Waals surface area contributed by atoms with Crippen LogP contribution in [0.15, 0.2) is 77.9 Å². The molecule has 4 aromatic rings. The third-order valence-corrected chi connectivity index (χ3v) is 5.50. The number of nitrogens with one attached hydrogen (secondary N) is 1. The van der Waals surface area contributed by atoms with Crippen molar-refractivity contribution in [1.29, 1.82) is 0 Å². The molecule has 176 valence electrons. The molecule has 0 unspecified atom stereocenters. The van der Waals surface area contributed by atoms with Gasteiger partial charge < -0.3 is 23.8 Å². The first-order valence-corrected chi connectivity index (χ1v) is 11.4. The van der Waals surface area contributed by atoms with Gasteiger partial charge in [-0.15, -0.1) is 6.58 Å². The molecule has 1 N–H and O–H groups in total. The van der Waals surface area contributed by atoms with E-state index in [1.807, 2.05) is 42.5 Å². The number of imidazole rings is 1. The van der Waals surface area contributed by atoms with Gasteiger partial charge in [0.2, 0.25) is 0 Å². The Balaban J connectivity index is 1.37. The molecule has 0 saturated heterocycles. The van der Waals surface area contributed by atoms with Crippen LogP contribution in [0.4, 0.5) is 0 Å². The number of carbonyl (C=O) groups excluding carboxylic acids is 1. The zero-order valence-electron chi connectivity index (χ0n) is 19.3. The minimum atomic E-state index is -0.228. The maximum Gasteiger partial charge on any atom is 0.286 e. The fourth-order valence-electron chi connectivity index (χ4n) is 3.88. The monoisotopic (exact) mass is 459 g/mol. The van der Waals surface area contributed by atoms with Gasteiger partial charge in [-0.3, -0.25) is 4.79 Å². The van der Waals surface area contributed by atoms with E-state index in [-0.39, 0.29) is 5.91 Å². The molecule has 0 spiro atoms. The van der Waals surface area contributed by atoms with Crippen molar-refractivity contribution in [3.8, 4) is 11.5 Å². The summed E-state index contributed by atoms with van der Waals surface area (Å²) in [6.07, 6.45) is 5.55. The van der Waals surface area contributed by atoms with E-state index in [1.165, 1.54) is 6.26 Å². The molecular weight excluding hydrogens is 430 g/mol. The highest BCUT2D eigenvalue weighted by Gasteiger charge is 2.13. The van der Waals surface area contributed by atoms with E-state index >= 15 is 0 Å². The van der Waals surface area contributed by atoms with Crippen LogP contribution in [-0.4, -0.2) is 35.7 Å². The maximum absolute atomic E-state index is 12.1. The van der Waals surface area contributed by atoms with Crippen LogP contribution in [0.1, 0.15) is 28.4 Å². The summed E-state index contributed by atoms with van der Waals surface area (Å²) in [6.45, 7) is 5.54. The average Bonchev–Trinajstić information content (AvgIpc) is 3.51. The fourth-order valence-corrected chi connectivity index (χ4v) is 3.88. The van der Waals surface area contributed by atoms with Crippen LogP contribution in [0.2, 0.25) is 0 Å². The number of fused-ring (bicyclic) bond motifs is 1.